The summed E-state index contributed by atoms with van der Waals surface area (Å²) in [5.74, 6) is -1.06. The minimum absolute atomic E-state index is 0.0110. The van der Waals surface area contributed by atoms with Crippen molar-refractivity contribution >= 4 is 12.0 Å². The molecule has 3 N–H and O–H groups in total. The van der Waals surface area contributed by atoms with Crippen molar-refractivity contribution in [3.05, 3.63) is 12.7 Å². The van der Waals surface area contributed by atoms with Crippen LogP contribution in [0, 0.1) is 0 Å². The van der Waals surface area contributed by atoms with Crippen LogP contribution in [0.15, 0.2) is 12.7 Å². The Bertz CT molecular complexity index is 380. The van der Waals surface area contributed by atoms with E-state index < -0.39 is 18.0 Å². The van der Waals surface area contributed by atoms with Gasteiger partial charge >= 0.3 is 12.0 Å². The molecule has 1 aliphatic rings. The Kier molecular flexibility index (Phi) is 6.68. The Hall–Kier alpha value is -1.56. The Morgan fingerprint density at radius 2 is 2.14 bits per heavy atom. The lowest BCUT2D eigenvalue weighted by Crippen LogP contribution is -2.53. The van der Waals surface area contributed by atoms with E-state index in [4.69, 9.17) is 9.84 Å². The second-order valence-electron chi connectivity index (χ2n) is 5.46. The summed E-state index contributed by atoms with van der Waals surface area (Å²) in [4.78, 5) is 22.9. The van der Waals surface area contributed by atoms with Crippen LogP contribution in [-0.2, 0) is 9.53 Å². The molecule has 120 valence electrons. The molecule has 0 aromatic carbocycles. The number of hydrogen-bond acceptors (Lipinski definition) is 3. The van der Waals surface area contributed by atoms with Crippen LogP contribution in [0.25, 0.3) is 0 Å². The maximum atomic E-state index is 11.9. The van der Waals surface area contributed by atoms with Gasteiger partial charge in [-0.25, -0.2) is 9.59 Å². The second-order valence-corrected chi connectivity index (χ2v) is 5.46. The zero-order chi connectivity index (χ0) is 15.9. The highest BCUT2D eigenvalue weighted by atomic mass is 16.5. The monoisotopic (exact) mass is 298 g/mol. The van der Waals surface area contributed by atoms with E-state index in [2.05, 4.69) is 31.1 Å². The standard InChI is InChI=1S/C15H26N2O4/c1-4-7-12(13(18)19)17-14(20)16-11-8-9-21-15(5-2,6-3)10-11/h4,11-12H,1,5-10H2,2-3H3,(H,18,19)(H2,16,17,20). The molecule has 21 heavy (non-hydrogen) atoms. The van der Waals surface area contributed by atoms with Gasteiger partial charge in [0, 0.05) is 12.6 Å². The third-order valence-corrected chi connectivity index (χ3v) is 4.12. The lowest BCUT2D eigenvalue weighted by Gasteiger charge is -2.40. The molecule has 2 atom stereocenters. The zero-order valence-electron chi connectivity index (χ0n) is 12.9. The fraction of sp³-hybridized carbons (Fsp3) is 0.733. The Balaban J connectivity index is 2.54. The summed E-state index contributed by atoms with van der Waals surface area (Å²) < 4.78 is 5.85. The highest BCUT2D eigenvalue weighted by Crippen LogP contribution is 2.31. The summed E-state index contributed by atoms with van der Waals surface area (Å²) in [6.45, 7) is 8.27. The molecule has 0 bridgehead atoms. The smallest absolute Gasteiger partial charge is 0.326 e. The summed E-state index contributed by atoms with van der Waals surface area (Å²) in [5, 5.41) is 14.3. The maximum Gasteiger partial charge on any atom is 0.326 e. The van der Waals surface area contributed by atoms with E-state index in [0.717, 1.165) is 25.7 Å². The molecule has 6 heteroatoms. The van der Waals surface area contributed by atoms with E-state index >= 15 is 0 Å². The Morgan fingerprint density at radius 1 is 1.48 bits per heavy atom. The lowest BCUT2D eigenvalue weighted by atomic mass is 9.86. The van der Waals surface area contributed by atoms with Crippen LogP contribution in [0.1, 0.15) is 46.0 Å². The predicted octanol–water partition coefficient (Wildman–Crippen LogP) is 2.05. The van der Waals surface area contributed by atoms with Crippen molar-refractivity contribution in [2.45, 2.75) is 63.6 Å². The van der Waals surface area contributed by atoms with Gasteiger partial charge in [-0.2, -0.15) is 0 Å². The average Bonchev–Trinajstić information content (AvgIpc) is 2.46. The number of carbonyl (C=O) groups excluding carboxylic acids is 1. The van der Waals surface area contributed by atoms with E-state index in [-0.39, 0.29) is 18.1 Å². The number of nitrogens with one attached hydrogen (secondary N) is 2. The molecule has 2 unspecified atom stereocenters. The van der Waals surface area contributed by atoms with Crippen LogP contribution in [-0.4, -0.2) is 41.4 Å². The lowest BCUT2D eigenvalue weighted by molar-refractivity contribution is -0.139. The fourth-order valence-corrected chi connectivity index (χ4v) is 2.67. The van der Waals surface area contributed by atoms with Crippen molar-refractivity contribution in [3.8, 4) is 0 Å². The number of aliphatic carboxylic acids is 1. The molecular formula is C15H26N2O4. The molecule has 1 aliphatic heterocycles. The molecule has 1 rings (SSSR count). The van der Waals surface area contributed by atoms with E-state index in [1.807, 2.05) is 0 Å². The molecule has 0 aromatic rings. The maximum absolute atomic E-state index is 11.9. The Labute approximate surface area is 125 Å². The third kappa shape index (κ3) is 5.04. The minimum atomic E-state index is -1.06. The fourth-order valence-electron chi connectivity index (χ4n) is 2.67. The summed E-state index contributed by atoms with van der Waals surface area (Å²) in [5.41, 5.74) is -0.177. The van der Waals surface area contributed by atoms with Crippen molar-refractivity contribution in [2.24, 2.45) is 0 Å². The molecule has 2 amide bonds. The van der Waals surface area contributed by atoms with Gasteiger partial charge in [-0.1, -0.05) is 19.9 Å². The largest absolute Gasteiger partial charge is 0.480 e. The molecule has 1 saturated heterocycles. The number of urea groups is 1. The predicted molar refractivity (Wildman–Crippen MR) is 80.2 cm³/mol. The van der Waals surface area contributed by atoms with Crippen molar-refractivity contribution in [1.82, 2.24) is 10.6 Å². The number of rotatable bonds is 7. The van der Waals surface area contributed by atoms with Crippen LogP contribution in [0.5, 0.6) is 0 Å². The van der Waals surface area contributed by atoms with Gasteiger partial charge in [0.25, 0.3) is 0 Å². The molecule has 0 radical (unpaired) electrons. The SMILES string of the molecule is C=CCC(NC(=O)NC1CCOC(CC)(CC)C1)C(=O)O. The summed E-state index contributed by atoms with van der Waals surface area (Å²) >= 11 is 0. The van der Waals surface area contributed by atoms with Crippen molar-refractivity contribution in [3.63, 3.8) is 0 Å². The molecule has 0 spiro atoms. The van der Waals surface area contributed by atoms with Gasteiger partial charge in [-0.05, 0) is 32.1 Å². The van der Waals surface area contributed by atoms with Gasteiger partial charge in [0.05, 0.1) is 5.60 Å². The van der Waals surface area contributed by atoms with Crippen molar-refractivity contribution in [1.29, 1.82) is 0 Å². The number of amides is 2. The first-order chi connectivity index (χ1) is 9.96. The van der Waals surface area contributed by atoms with E-state index in [9.17, 15) is 9.59 Å². The molecule has 0 aliphatic carbocycles. The summed E-state index contributed by atoms with van der Waals surface area (Å²) in [6, 6.07) is -1.38. The topological polar surface area (TPSA) is 87.7 Å². The first kappa shape index (κ1) is 17.5. The Morgan fingerprint density at radius 3 is 2.67 bits per heavy atom. The van der Waals surface area contributed by atoms with Crippen LogP contribution >= 0.6 is 0 Å². The number of carbonyl (C=O) groups is 2. The number of carboxylic acids is 1. The van der Waals surface area contributed by atoms with Crippen LogP contribution in [0.2, 0.25) is 0 Å². The number of carboxylic acid groups (broad SMARTS) is 1. The second kappa shape index (κ2) is 8.02. The molecule has 6 nitrogen and oxygen atoms in total. The highest BCUT2D eigenvalue weighted by Gasteiger charge is 2.35. The first-order valence-corrected chi connectivity index (χ1v) is 7.51. The molecule has 1 heterocycles. The zero-order valence-corrected chi connectivity index (χ0v) is 12.9. The van der Waals surface area contributed by atoms with Crippen LogP contribution in [0.3, 0.4) is 0 Å². The van der Waals surface area contributed by atoms with Gasteiger partial charge in [0.2, 0.25) is 0 Å². The molecule has 1 fully saturated rings. The van der Waals surface area contributed by atoms with Crippen LogP contribution < -0.4 is 10.6 Å². The quantitative estimate of drug-likeness (QED) is 0.628. The highest BCUT2D eigenvalue weighted by molar-refractivity contribution is 5.82. The van der Waals surface area contributed by atoms with E-state index in [1.54, 1.807) is 0 Å². The normalized spacial score (nSPS) is 22.1. The van der Waals surface area contributed by atoms with E-state index in [1.165, 1.54) is 6.08 Å². The summed E-state index contributed by atoms with van der Waals surface area (Å²) in [6.07, 6.45) is 4.98. The van der Waals surface area contributed by atoms with Gasteiger partial charge in [-0.3, -0.25) is 0 Å². The van der Waals surface area contributed by atoms with Gasteiger partial charge < -0.3 is 20.5 Å². The first-order valence-electron chi connectivity index (χ1n) is 7.51. The number of hydrogen-bond donors (Lipinski definition) is 3. The average molecular weight is 298 g/mol. The van der Waals surface area contributed by atoms with Gasteiger partial charge in [0.15, 0.2) is 0 Å². The van der Waals surface area contributed by atoms with E-state index in [0.29, 0.717) is 6.61 Å². The van der Waals surface area contributed by atoms with Crippen LogP contribution in [0.4, 0.5) is 4.79 Å². The number of ether oxygens (including phenoxy) is 1. The van der Waals surface area contributed by atoms with Gasteiger partial charge in [0.1, 0.15) is 6.04 Å². The van der Waals surface area contributed by atoms with Crippen molar-refractivity contribution < 1.29 is 19.4 Å². The third-order valence-electron chi connectivity index (χ3n) is 4.12. The minimum Gasteiger partial charge on any atom is -0.480 e. The summed E-state index contributed by atoms with van der Waals surface area (Å²) in [7, 11) is 0. The molecule has 0 aromatic heterocycles. The van der Waals surface area contributed by atoms with Gasteiger partial charge in [-0.15, -0.1) is 6.58 Å². The molecular weight excluding hydrogens is 272 g/mol. The van der Waals surface area contributed by atoms with Crippen molar-refractivity contribution in [2.75, 3.05) is 6.61 Å². The molecule has 0 saturated carbocycles.